The van der Waals surface area contributed by atoms with Gasteiger partial charge in [0.2, 0.25) is 0 Å². The van der Waals surface area contributed by atoms with E-state index in [9.17, 15) is 4.79 Å². The number of nitrogens with zero attached hydrogens (tertiary/aromatic N) is 2. The van der Waals surface area contributed by atoms with Crippen LogP contribution in [0, 0.1) is 5.92 Å². The molecule has 0 bridgehead atoms. The van der Waals surface area contributed by atoms with Crippen molar-refractivity contribution in [2.45, 2.75) is 19.8 Å². The lowest BCUT2D eigenvalue weighted by Crippen LogP contribution is -2.41. The number of amidine groups is 1. The minimum absolute atomic E-state index is 0.0394. The molecule has 5 heteroatoms. The Morgan fingerprint density at radius 2 is 2.56 bits per heavy atom. The third-order valence-corrected chi connectivity index (χ3v) is 3.91. The van der Waals surface area contributed by atoms with E-state index in [2.05, 4.69) is 9.89 Å². The highest BCUT2D eigenvalue weighted by Crippen LogP contribution is 2.23. The number of ether oxygens (including phenoxy) is 1. The van der Waals surface area contributed by atoms with Gasteiger partial charge in [0.05, 0.1) is 19.1 Å². The predicted octanol–water partition coefficient (Wildman–Crippen LogP) is 1.36. The van der Waals surface area contributed by atoms with Crippen molar-refractivity contribution in [3.63, 3.8) is 0 Å². The van der Waals surface area contributed by atoms with E-state index in [1.54, 1.807) is 11.8 Å². The molecular formula is C11H18N2O2S. The molecule has 4 nitrogen and oxygen atoms in total. The monoisotopic (exact) mass is 242 g/mol. The van der Waals surface area contributed by atoms with Crippen molar-refractivity contribution in [2.24, 2.45) is 10.9 Å². The third kappa shape index (κ3) is 2.70. The summed E-state index contributed by atoms with van der Waals surface area (Å²) in [6, 6.07) is 0. The van der Waals surface area contributed by atoms with E-state index in [0.717, 1.165) is 43.4 Å². The zero-order valence-electron chi connectivity index (χ0n) is 9.65. The number of hydrogen-bond acceptors (Lipinski definition) is 5. The summed E-state index contributed by atoms with van der Waals surface area (Å²) < 4.78 is 5.08. The average molecular weight is 242 g/mol. The maximum atomic E-state index is 11.7. The van der Waals surface area contributed by atoms with Crippen LogP contribution in [0.25, 0.3) is 0 Å². The Balaban J connectivity index is 1.90. The Hall–Kier alpha value is -0.710. The van der Waals surface area contributed by atoms with Gasteiger partial charge in [-0.2, -0.15) is 0 Å². The predicted molar refractivity (Wildman–Crippen MR) is 65.7 cm³/mol. The second-order valence-corrected chi connectivity index (χ2v) is 5.11. The van der Waals surface area contributed by atoms with Crippen molar-refractivity contribution in [1.82, 2.24) is 4.90 Å². The van der Waals surface area contributed by atoms with E-state index in [0.29, 0.717) is 6.61 Å². The van der Waals surface area contributed by atoms with Gasteiger partial charge in [0, 0.05) is 18.8 Å². The summed E-state index contributed by atoms with van der Waals surface area (Å²) in [6.07, 6.45) is 2.01. The van der Waals surface area contributed by atoms with Crippen LogP contribution < -0.4 is 0 Å². The molecular weight excluding hydrogens is 224 g/mol. The molecule has 1 atom stereocenters. The highest BCUT2D eigenvalue weighted by molar-refractivity contribution is 8.14. The first-order valence-corrected chi connectivity index (χ1v) is 6.88. The zero-order chi connectivity index (χ0) is 11.4. The normalized spacial score (nSPS) is 25.4. The van der Waals surface area contributed by atoms with E-state index in [4.69, 9.17) is 4.74 Å². The number of rotatable bonds is 2. The second kappa shape index (κ2) is 5.57. The van der Waals surface area contributed by atoms with Crippen molar-refractivity contribution < 1.29 is 9.53 Å². The van der Waals surface area contributed by atoms with Crippen molar-refractivity contribution in [3.8, 4) is 0 Å². The Morgan fingerprint density at radius 1 is 1.69 bits per heavy atom. The summed E-state index contributed by atoms with van der Waals surface area (Å²) in [4.78, 5) is 18.4. The smallest absolute Gasteiger partial charge is 0.310 e. The van der Waals surface area contributed by atoms with E-state index in [1.165, 1.54) is 0 Å². The Labute approximate surface area is 100 Å². The standard InChI is InChI=1S/C11H18N2O2S/c1-2-15-10(14)9-4-3-6-13(8-9)11-12-5-7-16-11/h9H,2-8H2,1H3/t9-/m0/s1. The fourth-order valence-corrected chi connectivity index (χ4v) is 3.01. The molecule has 0 amide bonds. The number of carbonyl (C=O) groups is 1. The summed E-state index contributed by atoms with van der Waals surface area (Å²) in [5, 5.41) is 1.12. The fraction of sp³-hybridized carbons (Fsp3) is 0.818. The first-order chi connectivity index (χ1) is 7.81. The zero-order valence-corrected chi connectivity index (χ0v) is 10.5. The molecule has 0 saturated carbocycles. The number of esters is 1. The lowest BCUT2D eigenvalue weighted by atomic mass is 9.99. The van der Waals surface area contributed by atoms with Crippen LogP contribution in [0.5, 0.6) is 0 Å². The first-order valence-electron chi connectivity index (χ1n) is 5.90. The number of aliphatic imine (C=N–C) groups is 1. The van der Waals surface area contributed by atoms with E-state index >= 15 is 0 Å². The largest absolute Gasteiger partial charge is 0.466 e. The minimum atomic E-state index is -0.0456. The maximum Gasteiger partial charge on any atom is 0.310 e. The lowest BCUT2D eigenvalue weighted by Gasteiger charge is -2.32. The summed E-state index contributed by atoms with van der Waals surface area (Å²) in [6.45, 7) is 5.06. The molecule has 1 saturated heterocycles. The van der Waals surface area contributed by atoms with E-state index in [-0.39, 0.29) is 11.9 Å². The summed E-state index contributed by atoms with van der Waals surface area (Å²) in [5.74, 6) is 1.07. The average Bonchev–Trinajstić information content (AvgIpc) is 2.83. The maximum absolute atomic E-state index is 11.7. The number of hydrogen-bond donors (Lipinski definition) is 0. The van der Waals surface area contributed by atoms with Crippen LogP contribution in [-0.4, -0.2) is 48.0 Å². The molecule has 0 radical (unpaired) electrons. The van der Waals surface area contributed by atoms with Gasteiger partial charge in [-0.3, -0.25) is 9.79 Å². The number of piperidine rings is 1. The molecule has 0 spiro atoms. The van der Waals surface area contributed by atoms with E-state index < -0.39 is 0 Å². The number of likely N-dealkylation sites (tertiary alicyclic amines) is 1. The number of carbonyl (C=O) groups excluding carboxylic acids is 1. The molecule has 2 aliphatic rings. The summed E-state index contributed by atoms with van der Waals surface area (Å²) >= 11 is 1.80. The van der Waals surface area contributed by atoms with Crippen molar-refractivity contribution in [3.05, 3.63) is 0 Å². The number of thioether (sulfide) groups is 1. The molecule has 16 heavy (non-hydrogen) atoms. The van der Waals surface area contributed by atoms with Crippen LogP contribution in [-0.2, 0) is 9.53 Å². The van der Waals surface area contributed by atoms with Gasteiger partial charge in [-0.15, -0.1) is 0 Å². The highest BCUT2D eigenvalue weighted by atomic mass is 32.2. The van der Waals surface area contributed by atoms with Gasteiger partial charge in [-0.1, -0.05) is 11.8 Å². The SMILES string of the molecule is CCOC(=O)[C@H]1CCCN(C2=NCCS2)C1. The molecule has 0 aromatic carbocycles. The molecule has 2 heterocycles. The second-order valence-electron chi connectivity index (χ2n) is 4.05. The van der Waals surface area contributed by atoms with Crippen LogP contribution in [0.2, 0.25) is 0 Å². The Morgan fingerprint density at radius 3 is 3.25 bits per heavy atom. The Kier molecular flexibility index (Phi) is 4.09. The molecule has 0 N–H and O–H groups in total. The Bertz CT molecular complexity index is 294. The van der Waals surface area contributed by atoms with Crippen LogP contribution >= 0.6 is 11.8 Å². The third-order valence-electron chi connectivity index (χ3n) is 2.88. The van der Waals surface area contributed by atoms with Crippen LogP contribution in [0.3, 0.4) is 0 Å². The highest BCUT2D eigenvalue weighted by Gasteiger charge is 2.29. The summed E-state index contributed by atoms with van der Waals surface area (Å²) in [5.41, 5.74) is 0. The van der Waals surface area contributed by atoms with Crippen LogP contribution in [0.4, 0.5) is 0 Å². The molecule has 90 valence electrons. The first kappa shape index (κ1) is 11.8. The van der Waals surface area contributed by atoms with Gasteiger partial charge >= 0.3 is 5.97 Å². The van der Waals surface area contributed by atoms with Gasteiger partial charge < -0.3 is 9.64 Å². The minimum Gasteiger partial charge on any atom is -0.466 e. The molecule has 1 fully saturated rings. The quantitative estimate of drug-likeness (QED) is 0.686. The molecule has 0 aromatic rings. The fourth-order valence-electron chi connectivity index (χ4n) is 2.12. The topological polar surface area (TPSA) is 41.9 Å². The molecule has 0 aromatic heterocycles. The van der Waals surface area contributed by atoms with Crippen LogP contribution in [0.1, 0.15) is 19.8 Å². The van der Waals surface area contributed by atoms with Gasteiger partial charge in [0.1, 0.15) is 0 Å². The van der Waals surface area contributed by atoms with Crippen molar-refractivity contribution >= 4 is 22.9 Å². The van der Waals surface area contributed by atoms with Crippen molar-refractivity contribution in [2.75, 3.05) is 32.0 Å². The van der Waals surface area contributed by atoms with E-state index in [1.807, 2.05) is 6.92 Å². The molecule has 0 unspecified atom stereocenters. The van der Waals surface area contributed by atoms with Crippen molar-refractivity contribution in [1.29, 1.82) is 0 Å². The molecule has 2 rings (SSSR count). The molecule has 0 aliphatic carbocycles. The van der Waals surface area contributed by atoms with Gasteiger partial charge in [0.15, 0.2) is 5.17 Å². The van der Waals surface area contributed by atoms with Gasteiger partial charge in [-0.05, 0) is 19.8 Å². The van der Waals surface area contributed by atoms with Gasteiger partial charge in [-0.25, -0.2) is 0 Å². The van der Waals surface area contributed by atoms with Crippen LogP contribution in [0.15, 0.2) is 4.99 Å². The van der Waals surface area contributed by atoms with Gasteiger partial charge in [0.25, 0.3) is 0 Å². The molecule has 2 aliphatic heterocycles. The summed E-state index contributed by atoms with van der Waals surface area (Å²) in [7, 11) is 0. The lowest BCUT2D eigenvalue weighted by molar-refractivity contribution is -0.149.